The second-order valence-electron chi connectivity index (χ2n) is 8.32. The number of aromatic nitrogens is 3. The Labute approximate surface area is 146 Å². The Balaban J connectivity index is 2.01. The first-order valence-electron chi connectivity index (χ1n) is 9.86. The summed E-state index contributed by atoms with van der Waals surface area (Å²) < 4.78 is 2.03. The van der Waals surface area contributed by atoms with Gasteiger partial charge in [0.25, 0.3) is 0 Å². The molecule has 1 N–H and O–H groups in total. The van der Waals surface area contributed by atoms with Gasteiger partial charge < -0.3 is 5.11 Å². The van der Waals surface area contributed by atoms with E-state index in [0.29, 0.717) is 6.54 Å². The minimum absolute atomic E-state index is 0.0321. The van der Waals surface area contributed by atoms with Gasteiger partial charge in [-0.3, -0.25) is 4.90 Å². The average Bonchev–Trinajstić information content (AvgIpc) is 2.98. The molecular formula is C19H34N4O. The van der Waals surface area contributed by atoms with Gasteiger partial charge in [-0.15, -0.1) is 0 Å². The highest BCUT2D eigenvalue weighted by Crippen LogP contribution is 2.43. The van der Waals surface area contributed by atoms with Gasteiger partial charge in [0.15, 0.2) is 5.82 Å². The van der Waals surface area contributed by atoms with E-state index in [1.807, 2.05) is 18.5 Å². The monoisotopic (exact) mass is 334 g/mol. The molecule has 1 saturated heterocycles. The number of hydrogen-bond acceptors (Lipinski definition) is 4. The zero-order valence-electron chi connectivity index (χ0n) is 15.7. The van der Waals surface area contributed by atoms with Crippen molar-refractivity contribution in [3.63, 3.8) is 0 Å². The van der Waals surface area contributed by atoms with Gasteiger partial charge >= 0.3 is 0 Å². The molecule has 0 spiro atoms. The van der Waals surface area contributed by atoms with Crippen LogP contribution in [0, 0.1) is 0 Å². The molecule has 0 amide bonds. The lowest BCUT2D eigenvalue weighted by Crippen LogP contribution is -2.51. The third kappa shape index (κ3) is 3.67. The van der Waals surface area contributed by atoms with Gasteiger partial charge in [-0.05, 0) is 52.6 Å². The fourth-order valence-corrected chi connectivity index (χ4v) is 4.50. The number of rotatable bonds is 5. The van der Waals surface area contributed by atoms with Crippen molar-refractivity contribution in [3.8, 4) is 0 Å². The van der Waals surface area contributed by atoms with Gasteiger partial charge in [0, 0.05) is 6.42 Å². The summed E-state index contributed by atoms with van der Waals surface area (Å²) in [5.41, 5.74) is -0.741. The molecule has 136 valence electrons. The lowest BCUT2D eigenvalue weighted by molar-refractivity contribution is 0.0109. The van der Waals surface area contributed by atoms with Crippen LogP contribution in [-0.2, 0) is 18.5 Å². The lowest BCUT2D eigenvalue weighted by Gasteiger charge is -2.47. The van der Waals surface area contributed by atoms with Gasteiger partial charge in [-0.25, -0.2) is 9.67 Å². The van der Waals surface area contributed by atoms with Crippen LogP contribution in [0.1, 0.15) is 83.8 Å². The van der Waals surface area contributed by atoms with Crippen molar-refractivity contribution < 1.29 is 5.11 Å². The maximum atomic E-state index is 10.4. The summed E-state index contributed by atoms with van der Waals surface area (Å²) in [6, 6.07) is 0. The zero-order valence-corrected chi connectivity index (χ0v) is 15.7. The van der Waals surface area contributed by atoms with Crippen molar-refractivity contribution in [1.29, 1.82) is 0 Å². The first-order chi connectivity index (χ1) is 11.4. The Bertz CT molecular complexity index is 534. The molecule has 1 aliphatic heterocycles. The fourth-order valence-electron chi connectivity index (χ4n) is 4.50. The summed E-state index contributed by atoms with van der Waals surface area (Å²) in [6.45, 7) is 8.71. The Kier molecular flexibility index (Phi) is 5.30. The van der Waals surface area contributed by atoms with Crippen molar-refractivity contribution >= 4 is 0 Å². The van der Waals surface area contributed by atoms with Crippen LogP contribution < -0.4 is 0 Å². The van der Waals surface area contributed by atoms with Crippen molar-refractivity contribution in [2.24, 2.45) is 0 Å². The maximum absolute atomic E-state index is 10.4. The van der Waals surface area contributed by atoms with E-state index in [4.69, 9.17) is 10.1 Å². The molecule has 5 heteroatoms. The number of hydrogen-bond donors (Lipinski definition) is 1. The van der Waals surface area contributed by atoms with E-state index in [1.165, 1.54) is 64.5 Å². The van der Waals surface area contributed by atoms with Crippen LogP contribution in [0.3, 0.4) is 0 Å². The van der Waals surface area contributed by atoms with E-state index in [2.05, 4.69) is 11.8 Å². The quantitative estimate of drug-likeness (QED) is 0.898. The van der Waals surface area contributed by atoms with Gasteiger partial charge in [0.05, 0.1) is 17.7 Å². The molecule has 3 rings (SSSR count). The predicted octanol–water partition coefficient (Wildman–Crippen LogP) is 3.26. The molecular weight excluding hydrogens is 300 g/mol. The molecule has 5 nitrogen and oxygen atoms in total. The van der Waals surface area contributed by atoms with Gasteiger partial charge in [-0.1, -0.05) is 32.6 Å². The minimum Gasteiger partial charge on any atom is -0.389 e. The highest BCUT2D eigenvalue weighted by atomic mass is 16.3. The topological polar surface area (TPSA) is 54.2 Å². The van der Waals surface area contributed by atoms with Crippen molar-refractivity contribution in [2.45, 2.75) is 96.2 Å². The maximum Gasteiger partial charge on any atom is 0.150 e. The Morgan fingerprint density at radius 3 is 2.25 bits per heavy atom. The third-order valence-corrected chi connectivity index (χ3v) is 5.63. The van der Waals surface area contributed by atoms with E-state index in [9.17, 15) is 5.11 Å². The zero-order chi connectivity index (χ0) is 17.2. The summed E-state index contributed by atoms with van der Waals surface area (Å²) in [5, 5.41) is 15.1. The summed E-state index contributed by atoms with van der Waals surface area (Å²) in [4.78, 5) is 7.68. The Morgan fingerprint density at radius 1 is 1.04 bits per heavy atom. The highest BCUT2D eigenvalue weighted by Gasteiger charge is 2.44. The molecule has 1 saturated carbocycles. The van der Waals surface area contributed by atoms with Crippen LogP contribution in [0.4, 0.5) is 0 Å². The summed E-state index contributed by atoms with van der Waals surface area (Å²) in [7, 11) is 0. The molecule has 2 fully saturated rings. The molecule has 0 bridgehead atoms. The van der Waals surface area contributed by atoms with Gasteiger partial charge in [0.2, 0.25) is 0 Å². The van der Waals surface area contributed by atoms with Crippen LogP contribution in [0.25, 0.3) is 0 Å². The third-order valence-electron chi connectivity index (χ3n) is 5.63. The van der Waals surface area contributed by atoms with Crippen LogP contribution in [0.2, 0.25) is 0 Å². The SMILES string of the molecule is CCc1nc(C2(N3CCCCC3)CCCCC2)n(CC(C)(C)O)n1. The van der Waals surface area contributed by atoms with Crippen molar-refractivity contribution in [1.82, 2.24) is 19.7 Å². The Hall–Kier alpha value is -0.940. The number of piperidine rings is 1. The van der Waals surface area contributed by atoms with E-state index in [-0.39, 0.29) is 5.54 Å². The number of nitrogens with zero attached hydrogens (tertiary/aromatic N) is 4. The number of aliphatic hydroxyl groups is 1. The first-order valence-corrected chi connectivity index (χ1v) is 9.86. The normalized spacial score (nSPS) is 22.7. The second kappa shape index (κ2) is 7.12. The first kappa shape index (κ1) is 17.9. The van der Waals surface area contributed by atoms with E-state index in [0.717, 1.165) is 18.1 Å². The molecule has 0 unspecified atom stereocenters. The molecule has 1 aliphatic carbocycles. The van der Waals surface area contributed by atoms with E-state index in [1.54, 1.807) is 0 Å². The van der Waals surface area contributed by atoms with Crippen molar-refractivity contribution in [3.05, 3.63) is 11.6 Å². The van der Waals surface area contributed by atoms with Crippen LogP contribution in [-0.4, -0.2) is 43.5 Å². The van der Waals surface area contributed by atoms with Crippen molar-refractivity contribution in [2.75, 3.05) is 13.1 Å². The van der Waals surface area contributed by atoms with E-state index < -0.39 is 5.60 Å². The average molecular weight is 335 g/mol. The molecule has 24 heavy (non-hydrogen) atoms. The molecule has 2 heterocycles. The molecule has 0 aromatic carbocycles. The fraction of sp³-hybridized carbons (Fsp3) is 0.895. The van der Waals surface area contributed by atoms with E-state index >= 15 is 0 Å². The van der Waals surface area contributed by atoms with Crippen LogP contribution >= 0.6 is 0 Å². The minimum atomic E-state index is -0.773. The van der Waals surface area contributed by atoms with Crippen LogP contribution in [0.15, 0.2) is 0 Å². The molecule has 1 aromatic rings. The van der Waals surface area contributed by atoms with Gasteiger partial charge in [0.1, 0.15) is 5.82 Å². The molecule has 0 atom stereocenters. The standard InChI is InChI=1S/C19H34N4O/c1-4-16-20-17(23(21-16)15-18(2,3)24)19(11-7-5-8-12-19)22-13-9-6-10-14-22/h24H,4-15H2,1-3H3. The van der Waals surface area contributed by atoms with Gasteiger partial charge in [-0.2, -0.15) is 5.10 Å². The number of likely N-dealkylation sites (tertiary alicyclic amines) is 1. The smallest absolute Gasteiger partial charge is 0.150 e. The second-order valence-corrected chi connectivity index (χ2v) is 8.32. The molecule has 2 aliphatic rings. The largest absolute Gasteiger partial charge is 0.389 e. The molecule has 0 radical (unpaired) electrons. The summed E-state index contributed by atoms with van der Waals surface area (Å²) in [6.07, 6.45) is 11.0. The molecule has 1 aromatic heterocycles. The Morgan fingerprint density at radius 2 is 1.67 bits per heavy atom. The van der Waals surface area contributed by atoms with Crippen LogP contribution in [0.5, 0.6) is 0 Å². The highest BCUT2D eigenvalue weighted by molar-refractivity contribution is 5.12. The number of aryl methyl sites for hydroxylation is 1. The lowest BCUT2D eigenvalue weighted by atomic mass is 9.78. The summed E-state index contributed by atoms with van der Waals surface area (Å²) in [5.74, 6) is 2.03. The predicted molar refractivity (Wildman–Crippen MR) is 95.9 cm³/mol. The summed E-state index contributed by atoms with van der Waals surface area (Å²) >= 11 is 0.